The predicted molar refractivity (Wildman–Crippen MR) is 116 cm³/mol. The molecule has 0 aromatic heterocycles. The Morgan fingerprint density at radius 2 is 1.87 bits per heavy atom. The summed E-state index contributed by atoms with van der Waals surface area (Å²) in [6.07, 6.45) is 1.22. The number of hydrogen-bond donors (Lipinski definition) is 1. The minimum absolute atomic E-state index is 0.0481. The van der Waals surface area contributed by atoms with Gasteiger partial charge in [-0.15, -0.1) is 0 Å². The van der Waals surface area contributed by atoms with E-state index in [0.717, 1.165) is 17.7 Å². The molecular weight excluding hydrogens is 443 g/mol. The number of benzene rings is 3. The van der Waals surface area contributed by atoms with Crippen LogP contribution in [0.15, 0.2) is 76.7 Å². The van der Waals surface area contributed by atoms with E-state index in [-0.39, 0.29) is 22.6 Å². The molecule has 0 unspecified atom stereocenters. The van der Waals surface area contributed by atoms with E-state index < -0.39 is 21.8 Å². The summed E-state index contributed by atoms with van der Waals surface area (Å²) >= 11 is 5.89. The van der Waals surface area contributed by atoms with Crippen molar-refractivity contribution in [2.75, 3.05) is 0 Å². The number of amides is 1. The summed E-state index contributed by atoms with van der Waals surface area (Å²) < 4.78 is 43.9. The molecule has 0 saturated heterocycles. The van der Waals surface area contributed by atoms with Gasteiger partial charge in [0.2, 0.25) is 5.91 Å². The Bertz CT molecular complexity index is 1230. The van der Waals surface area contributed by atoms with Crippen molar-refractivity contribution in [3.63, 3.8) is 0 Å². The van der Waals surface area contributed by atoms with Crippen molar-refractivity contribution >= 4 is 33.8 Å². The van der Waals surface area contributed by atoms with Gasteiger partial charge in [0.25, 0.3) is 0 Å². The number of halogens is 2. The SMILES string of the molecule is Cc1ccc(S(=O)(=O)Oc2cc(F)ccc2C=NNC(=O)Cc2cccc(Cl)c2)cc1. The summed E-state index contributed by atoms with van der Waals surface area (Å²) in [6.45, 7) is 1.82. The van der Waals surface area contributed by atoms with Crippen molar-refractivity contribution < 1.29 is 21.8 Å². The molecule has 9 heteroatoms. The molecule has 3 rings (SSSR count). The highest BCUT2D eigenvalue weighted by Gasteiger charge is 2.18. The van der Waals surface area contributed by atoms with Gasteiger partial charge in [0.1, 0.15) is 10.7 Å². The first-order chi connectivity index (χ1) is 14.7. The minimum atomic E-state index is -4.18. The summed E-state index contributed by atoms with van der Waals surface area (Å²) in [4.78, 5) is 12.0. The number of nitrogens with one attached hydrogen (secondary N) is 1. The molecule has 0 aliphatic heterocycles. The topological polar surface area (TPSA) is 84.8 Å². The van der Waals surface area contributed by atoms with E-state index in [0.29, 0.717) is 10.6 Å². The van der Waals surface area contributed by atoms with Gasteiger partial charge in [-0.2, -0.15) is 13.5 Å². The van der Waals surface area contributed by atoms with Crippen LogP contribution in [-0.4, -0.2) is 20.5 Å². The van der Waals surface area contributed by atoms with Crippen LogP contribution in [0.3, 0.4) is 0 Å². The number of carbonyl (C=O) groups is 1. The van der Waals surface area contributed by atoms with Gasteiger partial charge in [-0.05, 0) is 48.9 Å². The number of aryl methyl sites for hydroxylation is 1. The number of hydrogen-bond acceptors (Lipinski definition) is 5. The van der Waals surface area contributed by atoms with Gasteiger partial charge in [0, 0.05) is 16.7 Å². The summed E-state index contributed by atoms with van der Waals surface area (Å²) in [7, 11) is -4.18. The molecule has 0 aliphatic carbocycles. The third-order valence-corrected chi connectivity index (χ3v) is 5.61. The van der Waals surface area contributed by atoms with Crippen LogP contribution in [0.2, 0.25) is 5.02 Å². The Hall–Kier alpha value is -3.23. The van der Waals surface area contributed by atoms with Crippen LogP contribution < -0.4 is 9.61 Å². The average Bonchev–Trinajstić information content (AvgIpc) is 2.70. The van der Waals surface area contributed by atoms with E-state index >= 15 is 0 Å². The van der Waals surface area contributed by atoms with Crippen molar-refractivity contribution in [1.29, 1.82) is 0 Å². The molecule has 0 fully saturated rings. The van der Waals surface area contributed by atoms with E-state index in [2.05, 4.69) is 10.5 Å². The molecule has 160 valence electrons. The first-order valence-corrected chi connectivity index (χ1v) is 10.9. The van der Waals surface area contributed by atoms with Gasteiger partial charge in [0.05, 0.1) is 12.6 Å². The Morgan fingerprint density at radius 1 is 1.13 bits per heavy atom. The zero-order valence-corrected chi connectivity index (χ0v) is 18.0. The summed E-state index contributed by atoms with van der Waals surface area (Å²) in [5.41, 5.74) is 4.08. The first kappa shape index (κ1) is 22.5. The molecule has 1 N–H and O–H groups in total. The Morgan fingerprint density at radius 3 is 2.58 bits per heavy atom. The van der Waals surface area contributed by atoms with E-state index in [9.17, 15) is 17.6 Å². The van der Waals surface area contributed by atoms with E-state index in [1.54, 1.807) is 36.4 Å². The van der Waals surface area contributed by atoms with Gasteiger partial charge in [0.15, 0.2) is 5.75 Å². The maximum Gasteiger partial charge on any atom is 0.339 e. The van der Waals surface area contributed by atoms with Crippen LogP contribution in [-0.2, 0) is 21.3 Å². The smallest absolute Gasteiger partial charge is 0.339 e. The van der Waals surface area contributed by atoms with Crippen molar-refractivity contribution in [3.8, 4) is 5.75 Å². The molecule has 0 heterocycles. The molecule has 0 spiro atoms. The molecule has 3 aromatic carbocycles. The summed E-state index contributed by atoms with van der Waals surface area (Å²) in [5, 5.41) is 4.32. The standard InChI is InChI=1S/C22H18ClFN2O4S/c1-15-5-9-20(10-6-15)31(28,29)30-21-13-19(24)8-7-17(21)14-25-26-22(27)12-16-3-2-4-18(23)11-16/h2-11,13-14H,12H2,1H3,(H,26,27). The number of hydrazone groups is 1. The van der Waals surface area contributed by atoms with Crippen LogP contribution in [0.25, 0.3) is 0 Å². The Kier molecular flexibility index (Phi) is 7.04. The lowest BCUT2D eigenvalue weighted by Gasteiger charge is -2.10. The zero-order chi connectivity index (χ0) is 22.4. The first-order valence-electron chi connectivity index (χ1n) is 9.10. The lowest BCUT2D eigenvalue weighted by atomic mass is 10.1. The number of carbonyl (C=O) groups excluding carboxylic acids is 1. The number of nitrogens with zero attached hydrogens (tertiary/aromatic N) is 1. The minimum Gasteiger partial charge on any atom is -0.378 e. The van der Waals surface area contributed by atoms with Crippen LogP contribution in [0, 0.1) is 12.7 Å². The average molecular weight is 461 g/mol. The Balaban J connectivity index is 1.73. The van der Waals surface area contributed by atoms with Crippen molar-refractivity contribution in [2.45, 2.75) is 18.2 Å². The Labute approximate surface area is 184 Å². The van der Waals surface area contributed by atoms with Crippen LogP contribution in [0.4, 0.5) is 4.39 Å². The molecule has 0 radical (unpaired) electrons. The molecule has 0 saturated carbocycles. The molecule has 0 atom stereocenters. The second kappa shape index (κ2) is 9.72. The van der Waals surface area contributed by atoms with Crippen LogP contribution >= 0.6 is 11.6 Å². The highest BCUT2D eigenvalue weighted by atomic mass is 35.5. The van der Waals surface area contributed by atoms with Gasteiger partial charge >= 0.3 is 10.1 Å². The van der Waals surface area contributed by atoms with Crippen LogP contribution in [0.1, 0.15) is 16.7 Å². The monoisotopic (exact) mass is 460 g/mol. The highest BCUT2D eigenvalue weighted by molar-refractivity contribution is 7.87. The maximum absolute atomic E-state index is 13.7. The number of rotatable bonds is 7. The zero-order valence-electron chi connectivity index (χ0n) is 16.4. The largest absolute Gasteiger partial charge is 0.378 e. The van der Waals surface area contributed by atoms with Gasteiger partial charge in [-0.25, -0.2) is 9.82 Å². The molecule has 6 nitrogen and oxygen atoms in total. The second-order valence-corrected chi connectivity index (χ2v) is 8.62. The van der Waals surface area contributed by atoms with Gasteiger partial charge < -0.3 is 4.18 Å². The fourth-order valence-corrected chi connectivity index (χ4v) is 3.76. The summed E-state index contributed by atoms with van der Waals surface area (Å²) in [5.74, 6) is -1.35. The predicted octanol–water partition coefficient (Wildman–Crippen LogP) is 4.25. The lowest BCUT2D eigenvalue weighted by molar-refractivity contribution is -0.120. The fraction of sp³-hybridized carbons (Fsp3) is 0.0909. The third kappa shape index (κ3) is 6.37. The normalized spacial score (nSPS) is 11.5. The molecule has 3 aromatic rings. The highest BCUT2D eigenvalue weighted by Crippen LogP contribution is 2.23. The molecule has 31 heavy (non-hydrogen) atoms. The summed E-state index contributed by atoms with van der Waals surface area (Å²) in [6, 6.07) is 16.2. The molecular formula is C22H18ClFN2O4S. The second-order valence-electron chi connectivity index (χ2n) is 6.63. The van der Waals surface area contributed by atoms with Crippen molar-refractivity contribution in [2.24, 2.45) is 5.10 Å². The van der Waals surface area contributed by atoms with E-state index in [4.69, 9.17) is 15.8 Å². The third-order valence-electron chi connectivity index (χ3n) is 4.13. The quantitative estimate of drug-likeness (QED) is 0.324. The van der Waals surface area contributed by atoms with Crippen LogP contribution in [0.5, 0.6) is 5.75 Å². The fourth-order valence-electron chi connectivity index (χ4n) is 2.60. The molecule has 0 bridgehead atoms. The lowest BCUT2D eigenvalue weighted by Crippen LogP contribution is -2.19. The van der Waals surface area contributed by atoms with Gasteiger partial charge in [-0.3, -0.25) is 4.79 Å². The molecule has 0 aliphatic rings. The van der Waals surface area contributed by atoms with E-state index in [1.165, 1.54) is 24.4 Å². The van der Waals surface area contributed by atoms with Crippen molar-refractivity contribution in [3.05, 3.63) is 94.3 Å². The maximum atomic E-state index is 13.7. The van der Waals surface area contributed by atoms with Crippen molar-refractivity contribution in [1.82, 2.24) is 5.43 Å². The van der Waals surface area contributed by atoms with Gasteiger partial charge in [-0.1, -0.05) is 41.4 Å². The van der Waals surface area contributed by atoms with E-state index in [1.807, 2.05) is 6.92 Å². The molecule has 1 amide bonds.